The minimum absolute atomic E-state index is 0.0255. The molecule has 3 fully saturated rings. The molecule has 0 N–H and O–H groups in total. The van der Waals surface area contributed by atoms with Crippen molar-refractivity contribution in [3.05, 3.63) is 290 Å². The molecule has 720 valence electrons. The Morgan fingerprint density at radius 1 is 0.412 bits per heavy atom. The second-order valence-electron chi connectivity index (χ2n) is 29.6. The van der Waals surface area contributed by atoms with Crippen molar-refractivity contribution < 1.29 is 68.9 Å². The number of hydrogen-bond donors (Lipinski definition) is 0. The number of nitro benzene ring substituents is 3. The summed E-state index contributed by atoms with van der Waals surface area (Å²) in [5.41, 5.74) is 14.0. The third-order valence-electron chi connectivity index (χ3n) is 20.2. The Morgan fingerprint density at radius 3 is 1.21 bits per heavy atom. The van der Waals surface area contributed by atoms with E-state index in [1.54, 1.807) is 69.3 Å². The van der Waals surface area contributed by atoms with E-state index in [1.807, 2.05) is 84.6 Å². The van der Waals surface area contributed by atoms with Gasteiger partial charge in [0.2, 0.25) is 29.5 Å². The number of carbonyl (C=O) groups excluding carboxylic acids is 5. The van der Waals surface area contributed by atoms with Crippen molar-refractivity contribution in [2.24, 2.45) is 5.92 Å². The van der Waals surface area contributed by atoms with Crippen LogP contribution in [0.3, 0.4) is 0 Å². The Hall–Kier alpha value is -10.7. The van der Waals surface area contributed by atoms with E-state index in [9.17, 15) is 76.7 Å². The molecule has 0 radical (unpaired) electrons. The van der Waals surface area contributed by atoms with E-state index in [4.69, 9.17) is 59.0 Å². The lowest BCUT2D eigenvalue weighted by Crippen LogP contribution is -2.28. The summed E-state index contributed by atoms with van der Waals surface area (Å²) in [4.78, 5) is 99.4. The summed E-state index contributed by atoms with van der Waals surface area (Å²) < 4.78 is 77.7. The van der Waals surface area contributed by atoms with Crippen LogP contribution in [-0.2, 0) is 86.1 Å². The zero-order chi connectivity index (χ0) is 100. The standard InChI is InChI=1S/C10H14.C9H8Cl4.C9H8F4.C9H9N3O.C9H11NO2.C9H12.2C8H9NO2.2C6H9NO2.C6H11NO.C5H12.C4H10.O3S/c1-4-10-6-5-8(2)7-9(10)3;2*1-3-5-4(2)6(10)8(12)9(13)7(5)11;1-2-12-9(13)7-5-3-4-6-8(7)10-11-12;1-3-8-4-5-9(10(11)12)6-7(8)2;1-3-9-7-5-4-6-8(9)2;1-2-7-3-5-8(6-4-7)9(10)11;1-2-7-4-3-5-8(6-7)9(10)11;2*1-2-7-5(8)3-4-6(7)9;1-2-7-5-3-4-6(7)8;1-4-5(2)3;1-3-4-2;1-4(2)3/h5-7H,4H2,1-3H3;2*3H2,1-2H3;3-6H,2H2,1H3;4-6H,3H2,1-2H3;4-7H,3H2,1-2H3;2*3-6H,2H2,1H3;2*2-4H2,1H3;2-5H2,1H3;5H,4H2,1-3H3;3-4H2,1-2H3;. The van der Waals surface area contributed by atoms with Crippen molar-refractivity contribution in [3.63, 3.8) is 0 Å². The normalized spacial score (nSPS) is 11.7. The van der Waals surface area contributed by atoms with Gasteiger partial charge in [-0.25, -0.2) is 22.2 Å². The van der Waals surface area contributed by atoms with Crippen molar-refractivity contribution >= 4 is 115 Å². The number of carbonyl (C=O) groups is 5. The summed E-state index contributed by atoms with van der Waals surface area (Å²) >= 11 is 23.7. The fourth-order valence-corrected chi connectivity index (χ4v) is 12.9. The summed E-state index contributed by atoms with van der Waals surface area (Å²) in [5.74, 6) is -4.97. The number of nitro groups is 3. The number of aryl methyl sites for hydroxylation is 10. The average molecular weight is 1930 g/mol. The van der Waals surface area contributed by atoms with Crippen LogP contribution in [0.15, 0.2) is 138 Å². The van der Waals surface area contributed by atoms with E-state index >= 15 is 0 Å². The Bertz CT molecular complexity index is 5100. The molecule has 0 atom stereocenters. The van der Waals surface area contributed by atoms with E-state index in [0.717, 1.165) is 98.2 Å². The van der Waals surface area contributed by atoms with E-state index in [2.05, 4.69) is 122 Å². The van der Waals surface area contributed by atoms with Crippen LogP contribution >= 0.6 is 46.4 Å². The van der Waals surface area contributed by atoms with E-state index in [-0.39, 0.29) is 78.6 Å². The van der Waals surface area contributed by atoms with Crippen molar-refractivity contribution in [1.82, 2.24) is 29.7 Å². The van der Waals surface area contributed by atoms with Crippen LogP contribution in [0.1, 0.15) is 241 Å². The first kappa shape index (κ1) is 122. The molecule has 5 amide bonds. The molecule has 3 aliphatic heterocycles. The van der Waals surface area contributed by atoms with Crippen LogP contribution in [0.2, 0.25) is 20.1 Å². The van der Waals surface area contributed by atoms with Gasteiger partial charge in [0.1, 0.15) is 5.52 Å². The van der Waals surface area contributed by atoms with Gasteiger partial charge in [-0.05, 0) is 205 Å². The third-order valence-corrected chi connectivity index (χ3v) is 22.2. The van der Waals surface area contributed by atoms with Gasteiger partial charge in [0.15, 0.2) is 23.3 Å². The zero-order valence-electron chi connectivity index (χ0n) is 79.7. The largest absolute Gasteiger partial charge is 0.425 e. The van der Waals surface area contributed by atoms with E-state index < -0.39 is 33.9 Å². The first-order valence-electron chi connectivity index (χ1n) is 43.8. The number of benzene rings is 8. The zero-order valence-corrected chi connectivity index (χ0v) is 83.5. The predicted molar refractivity (Wildman–Crippen MR) is 519 cm³/mol. The van der Waals surface area contributed by atoms with Crippen LogP contribution < -0.4 is 5.56 Å². The molecule has 1 aromatic heterocycles. The molecule has 3 saturated heterocycles. The summed E-state index contributed by atoms with van der Waals surface area (Å²) in [6, 6.07) is 40.6. The van der Waals surface area contributed by atoms with Crippen molar-refractivity contribution in [2.45, 2.75) is 262 Å². The SMILES string of the molecule is CCC(C)C.CCCC.CCN1C(=O)CCC1=O.CCN1C(=O)CCC1=O.CCN1CCCC1=O.CCc1c(C)c(Cl)c(Cl)c(Cl)c1Cl.CCc1c(C)c(F)c(F)c(F)c1F.CCc1ccc(C)cc1C.CCc1ccc([N+](=O)[O-])cc1.CCc1ccc([N+](=O)[O-])cc1C.CCc1cccc([N+](=O)[O-])c1.CCc1ccccc1C.CCn1nnc2ccccc2c1=O.O=S(=O)=O. The maximum Gasteiger partial charge on any atom is 0.425 e. The predicted octanol–water partition coefficient (Wildman–Crippen LogP) is 25.1. The fraction of sp³-hybridized carbons (Fsp3) is 0.449. The molecule has 0 bridgehead atoms. The van der Waals surface area contributed by atoms with Gasteiger partial charge in [0.25, 0.3) is 22.6 Å². The highest BCUT2D eigenvalue weighted by molar-refractivity contribution is 7.59. The number of non-ortho nitro benzene ring substituents is 3. The lowest BCUT2D eigenvalue weighted by Gasteiger charge is -2.11. The highest BCUT2D eigenvalue weighted by Gasteiger charge is 2.28. The maximum absolute atomic E-state index is 12.9. The molecule has 24 nitrogen and oxygen atoms in total. The topological polar surface area (TPSA) is 323 Å². The van der Waals surface area contributed by atoms with Gasteiger partial charge in [0.05, 0.1) is 40.2 Å². The molecular weight excluding hydrogens is 1790 g/mol. The first-order chi connectivity index (χ1) is 61.8. The molecule has 3 aliphatic rings. The van der Waals surface area contributed by atoms with Crippen molar-refractivity contribution in [1.29, 1.82) is 0 Å². The molecular formula is C98H131Cl4F4N9O15S. The number of amides is 5. The summed E-state index contributed by atoms with van der Waals surface area (Å²) in [6.45, 7) is 47.4. The summed E-state index contributed by atoms with van der Waals surface area (Å²) in [5, 5.41) is 40.9. The molecule has 131 heavy (non-hydrogen) atoms. The first-order valence-corrected chi connectivity index (χ1v) is 46.3. The third kappa shape index (κ3) is 44.8. The molecule has 9 aromatic rings. The van der Waals surface area contributed by atoms with Crippen LogP contribution in [-0.4, -0.2) is 113 Å². The smallest absolute Gasteiger partial charge is 0.343 e. The van der Waals surface area contributed by atoms with E-state index in [0.29, 0.717) is 82.2 Å². The number of rotatable bonds is 16. The van der Waals surface area contributed by atoms with Gasteiger partial charge >= 0.3 is 10.6 Å². The minimum atomic E-state index is -3.11. The Kier molecular flexibility index (Phi) is 63.0. The molecule has 4 heterocycles. The number of imide groups is 2. The second-order valence-corrected chi connectivity index (χ2v) is 31.6. The van der Waals surface area contributed by atoms with E-state index in [1.165, 1.54) is 92.2 Å². The van der Waals surface area contributed by atoms with Crippen LogP contribution in [0.5, 0.6) is 0 Å². The number of unbranched alkanes of at least 4 members (excludes halogenated alkanes) is 1. The number of aromatic nitrogens is 3. The van der Waals surface area contributed by atoms with Crippen molar-refractivity contribution in [2.75, 3.05) is 26.2 Å². The number of likely N-dealkylation sites (tertiary alicyclic amines) is 3. The number of fused-ring (bicyclic) bond motifs is 1. The molecule has 0 aliphatic carbocycles. The molecule has 33 heteroatoms. The fourth-order valence-electron chi connectivity index (χ4n) is 11.8. The maximum atomic E-state index is 12.9. The average Bonchev–Trinajstić information content (AvgIpc) is 1.37. The number of halogens is 8. The van der Waals surface area contributed by atoms with Gasteiger partial charge in [-0.15, -0.1) is 17.7 Å². The van der Waals surface area contributed by atoms with Crippen LogP contribution in [0.25, 0.3) is 10.9 Å². The number of nitrogens with zero attached hydrogens (tertiary/aromatic N) is 9. The van der Waals surface area contributed by atoms with Gasteiger partial charge in [-0.3, -0.25) is 68.9 Å². The molecule has 8 aromatic carbocycles. The monoisotopic (exact) mass is 1920 g/mol. The van der Waals surface area contributed by atoms with Gasteiger partial charge in [0, 0.05) is 101 Å². The van der Waals surface area contributed by atoms with Gasteiger partial charge in [-0.2, -0.15) is 0 Å². The second kappa shape index (κ2) is 67.5. The molecule has 0 unspecified atom stereocenters. The van der Waals surface area contributed by atoms with Gasteiger partial charge < -0.3 is 4.90 Å². The van der Waals surface area contributed by atoms with Crippen molar-refractivity contribution in [3.8, 4) is 0 Å². The number of hydrogen-bond acceptors (Lipinski definition) is 17. The van der Waals surface area contributed by atoms with Crippen LogP contribution in [0.4, 0.5) is 34.6 Å². The lowest BCUT2D eigenvalue weighted by molar-refractivity contribution is -0.385. The quantitative estimate of drug-likeness (QED) is 0.0217. The highest BCUT2D eigenvalue weighted by atomic mass is 35.5. The Balaban J connectivity index is 0. The highest BCUT2D eigenvalue weighted by Crippen LogP contribution is 2.41. The molecule has 12 rings (SSSR count). The summed E-state index contributed by atoms with van der Waals surface area (Å²) in [6.07, 6.45) is 13.3. The van der Waals surface area contributed by atoms with Crippen LogP contribution in [0, 0.1) is 101 Å². The molecule has 0 spiro atoms. The Morgan fingerprint density at radius 2 is 0.840 bits per heavy atom. The minimum Gasteiger partial charge on any atom is -0.343 e. The summed E-state index contributed by atoms with van der Waals surface area (Å²) in [7, 11) is -3.11. The Labute approximate surface area is 791 Å². The van der Waals surface area contributed by atoms with Gasteiger partial charge in [-0.1, -0.05) is 244 Å². The molecule has 0 saturated carbocycles. The lowest BCUT2D eigenvalue weighted by atomic mass is 10.0.